The van der Waals surface area contributed by atoms with Crippen molar-refractivity contribution in [3.8, 4) is 0 Å². The van der Waals surface area contributed by atoms with Crippen molar-refractivity contribution in [2.24, 2.45) is 0 Å². The van der Waals surface area contributed by atoms with Gasteiger partial charge in [-0.15, -0.1) is 0 Å². The molecule has 1 aliphatic carbocycles. The fourth-order valence-corrected chi connectivity index (χ4v) is 4.40. The second kappa shape index (κ2) is 5.19. The number of hydrogen-bond donors (Lipinski definition) is 2. The molecule has 0 amide bonds. The zero-order valence-electron chi connectivity index (χ0n) is 12.5. The van der Waals surface area contributed by atoms with Crippen LogP contribution in [0.1, 0.15) is 22.6 Å². The van der Waals surface area contributed by atoms with Gasteiger partial charge < -0.3 is 9.63 Å². The lowest BCUT2D eigenvalue weighted by Gasteiger charge is -2.22. The van der Waals surface area contributed by atoms with E-state index < -0.39 is 15.6 Å². The van der Waals surface area contributed by atoms with Gasteiger partial charge in [-0.3, -0.25) is 0 Å². The van der Waals surface area contributed by atoms with E-state index >= 15 is 0 Å². The van der Waals surface area contributed by atoms with Crippen molar-refractivity contribution >= 4 is 10.0 Å². The highest BCUT2D eigenvalue weighted by atomic mass is 32.2. The lowest BCUT2D eigenvalue weighted by molar-refractivity contribution is 0.0567. The van der Waals surface area contributed by atoms with Crippen molar-refractivity contribution < 1.29 is 18.0 Å². The van der Waals surface area contributed by atoms with Crippen LogP contribution in [0.15, 0.2) is 33.7 Å². The van der Waals surface area contributed by atoms with Crippen molar-refractivity contribution in [1.29, 1.82) is 0 Å². The van der Waals surface area contributed by atoms with Gasteiger partial charge in [-0.1, -0.05) is 29.4 Å². The van der Waals surface area contributed by atoms with E-state index in [9.17, 15) is 13.5 Å². The second-order valence-electron chi connectivity index (χ2n) is 5.82. The Kier molecular flexibility index (Phi) is 3.58. The number of nitrogens with zero attached hydrogens (tertiary/aromatic N) is 1. The quantitative estimate of drug-likeness (QED) is 0.879. The zero-order valence-corrected chi connectivity index (χ0v) is 13.3. The summed E-state index contributed by atoms with van der Waals surface area (Å²) in [5, 5.41) is 14.3. The van der Waals surface area contributed by atoms with Crippen molar-refractivity contribution in [3.63, 3.8) is 0 Å². The third-order valence-electron chi connectivity index (χ3n) is 3.99. The predicted molar refractivity (Wildman–Crippen MR) is 80.0 cm³/mol. The molecule has 0 saturated carbocycles. The molecular formula is C15H18N2O4S. The first-order valence-corrected chi connectivity index (χ1v) is 8.51. The number of hydrogen-bond acceptors (Lipinski definition) is 5. The molecule has 0 unspecified atom stereocenters. The van der Waals surface area contributed by atoms with E-state index in [1.807, 2.05) is 24.3 Å². The van der Waals surface area contributed by atoms with Gasteiger partial charge in [0.25, 0.3) is 0 Å². The average Bonchev–Trinajstić information content (AvgIpc) is 2.96. The summed E-state index contributed by atoms with van der Waals surface area (Å²) in [5.41, 5.74) is 1.32. The third kappa shape index (κ3) is 2.67. The molecule has 1 aromatic carbocycles. The van der Waals surface area contributed by atoms with E-state index in [4.69, 9.17) is 4.52 Å². The molecule has 0 saturated heterocycles. The first-order valence-electron chi connectivity index (χ1n) is 7.02. The predicted octanol–water partition coefficient (Wildman–Crippen LogP) is 1.10. The van der Waals surface area contributed by atoms with Gasteiger partial charge in [0.15, 0.2) is 5.76 Å². The van der Waals surface area contributed by atoms with Crippen molar-refractivity contribution in [2.75, 3.05) is 6.54 Å². The fourth-order valence-electron chi connectivity index (χ4n) is 2.96. The molecule has 7 heteroatoms. The number of benzene rings is 1. The Balaban J connectivity index is 1.76. The van der Waals surface area contributed by atoms with Crippen LogP contribution in [0.3, 0.4) is 0 Å². The number of aryl methyl sites for hydroxylation is 2. The summed E-state index contributed by atoms with van der Waals surface area (Å²) >= 11 is 0. The van der Waals surface area contributed by atoms with E-state index in [2.05, 4.69) is 9.88 Å². The molecule has 0 bridgehead atoms. The maximum Gasteiger partial charge on any atom is 0.246 e. The number of nitrogens with one attached hydrogen (secondary N) is 1. The maximum absolute atomic E-state index is 12.4. The summed E-state index contributed by atoms with van der Waals surface area (Å²) in [5.74, 6) is 0.242. The Bertz CT molecular complexity index is 766. The Morgan fingerprint density at radius 2 is 1.86 bits per heavy atom. The van der Waals surface area contributed by atoms with Gasteiger partial charge in [0.1, 0.15) is 10.6 Å². The number of aromatic nitrogens is 1. The molecule has 3 rings (SSSR count). The summed E-state index contributed by atoms with van der Waals surface area (Å²) in [6.07, 6.45) is 0.876. The molecular weight excluding hydrogens is 304 g/mol. The molecule has 1 aromatic heterocycles. The van der Waals surface area contributed by atoms with Crippen LogP contribution >= 0.6 is 0 Å². The maximum atomic E-state index is 12.4. The third-order valence-corrected chi connectivity index (χ3v) is 5.63. The highest BCUT2D eigenvalue weighted by Gasteiger charge is 2.36. The highest BCUT2D eigenvalue weighted by molar-refractivity contribution is 7.89. The summed E-state index contributed by atoms with van der Waals surface area (Å²) in [4.78, 5) is 0.0478. The molecule has 1 heterocycles. The molecule has 1 aliphatic rings. The van der Waals surface area contributed by atoms with Crippen LogP contribution in [-0.4, -0.2) is 30.8 Å². The lowest BCUT2D eigenvalue weighted by atomic mass is 10.0. The van der Waals surface area contributed by atoms with E-state index in [1.54, 1.807) is 13.8 Å². The van der Waals surface area contributed by atoms with E-state index in [0.29, 0.717) is 18.5 Å². The lowest BCUT2D eigenvalue weighted by Crippen LogP contribution is -2.43. The molecule has 6 nitrogen and oxygen atoms in total. The van der Waals surface area contributed by atoms with E-state index in [0.717, 1.165) is 11.1 Å². The minimum atomic E-state index is -3.76. The van der Waals surface area contributed by atoms with Crippen LogP contribution in [0.4, 0.5) is 0 Å². The van der Waals surface area contributed by atoms with Gasteiger partial charge in [-0.25, -0.2) is 13.1 Å². The van der Waals surface area contributed by atoms with Gasteiger partial charge in [0.2, 0.25) is 10.0 Å². The number of fused-ring (bicyclic) bond motifs is 1. The van der Waals surface area contributed by atoms with Crippen LogP contribution in [0.5, 0.6) is 0 Å². The van der Waals surface area contributed by atoms with Crippen LogP contribution in [0, 0.1) is 13.8 Å². The minimum absolute atomic E-state index is 0.0475. The summed E-state index contributed by atoms with van der Waals surface area (Å²) in [6, 6.07) is 7.74. The molecule has 0 atom stereocenters. The molecule has 0 spiro atoms. The minimum Gasteiger partial charge on any atom is -0.388 e. The Hall–Kier alpha value is -1.70. The molecule has 0 radical (unpaired) electrons. The topological polar surface area (TPSA) is 92.4 Å². The van der Waals surface area contributed by atoms with Crippen LogP contribution < -0.4 is 4.72 Å². The summed E-state index contributed by atoms with van der Waals surface area (Å²) in [7, 11) is -3.76. The summed E-state index contributed by atoms with van der Waals surface area (Å²) in [6.45, 7) is 3.08. The first kappa shape index (κ1) is 15.2. The van der Waals surface area contributed by atoms with Gasteiger partial charge in [-0.05, 0) is 25.0 Å². The first-order chi connectivity index (χ1) is 10.3. The van der Waals surface area contributed by atoms with Crippen molar-refractivity contribution in [2.45, 2.75) is 37.2 Å². The fraction of sp³-hybridized carbons (Fsp3) is 0.400. The average molecular weight is 322 g/mol. The normalized spacial score (nSPS) is 16.7. The van der Waals surface area contributed by atoms with Gasteiger partial charge >= 0.3 is 0 Å². The summed E-state index contributed by atoms with van der Waals surface area (Å²) < 4.78 is 32.1. The zero-order chi connectivity index (χ0) is 16.0. The number of aliphatic hydroxyl groups is 1. The van der Waals surface area contributed by atoms with Crippen molar-refractivity contribution in [1.82, 2.24) is 9.88 Å². The largest absolute Gasteiger partial charge is 0.388 e. The SMILES string of the molecule is Cc1noc(C)c1S(=O)(=O)NCC1(O)Cc2ccccc2C1. The molecule has 2 N–H and O–H groups in total. The molecule has 118 valence electrons. The van der Waals surface area contributed by atoms with Gasteiger partial charge in [0.05, 0.1) is 5.60 Å². The van der Waals surface area contributed by atoms with E-state index in [1.165, 1.54) is 0 Å². The second-order valence-corrected chi connectivity index (χ2v) is 7.53. The number of sulfonamides is 1. The Labute approximate surface area is 129 Å². The molecule has 22 heavy (non-hydrogen) atoms. The Morgan fingerprint density at radius 1 is 1.27 bits per heavy atom. The van der Waals surface area contributed by atoms with Crippen molar-refractivity contribution in [3.05, 3.63) is 46.8 Å². The molecule has 0 aliphatic heterocycles. The van der Waals surface area contributed by atoms with E-state index in [-0.39, 0.29) is 17.2 Å². The Morgan fingerprint density at radius 3 is 2.36 bits per heavy atom. The highest BCUT2D eigenvalue weighted by Crippen LogP contribution is 2.30. The van der Waals surface area contributed by atoms with Gasteiger partial charge in [-0.2, -0.15) is 0 Å². The monoisotopic (exact) mass is 322 g/mol. The molecule has 2 aromatic rings. The van der Waals surface area contributed by atoms with Crippen LogP contribution in [-0.2, 0) is 22.9 Å². The molecule has 0 fully saturated rings. The smallest absolute Gasteiger partial charge is 0.246 e. The van der Waals surface area contributed by atoms with Crippen LogP contribution in [0.2, 0.25) is 0 Å². The van der Waals surface area contributed by atoms with Crippen LogP contribution in [0.25, 0.3) is 0 Å². The standard InChI is InChI=1S/C15H18N2O4S/c1-10-14(11(2)21-17-10)22(19,20)16-9-15(18)7-12-5-3-4-6-13(12)8-15/h3-6,16,18H,7-9H2,1-2H3. The number of rotatable bonds is 4. The van der Waals surface area contributed by atoms with Gasteiger partial charge in [0, 0.05) is 19.4 Å².